The van der Waals surface area contributed by atoms with Crippen LogP contribution in [0.5, 0.6) is 0 Å². The van der Waals surface area contributed by atoms with Gasteiger partial charge < -0.3 is 5.32 Å². The van der Waals surface area contributed by atoms with E-state index in [0.29, 0.717) is 6.42 Å². The Morgan fingerprint density at radius 3 is 2.56 bits per heavy atom. The second-order valence-corrected chi connectivity index (χ2v) is 9.32. The molecule has 2 N–H and O–H groups in total. The quantitative estimate of drug-likeness (QED) is 0.271. The summed E-state index contributed by atoms with van der Waals surface area (Å²) in [5.41, 5.74) is 1.85. The Morgan fingerprint density at radius 1 is 1.12 bits per heavy atom. The lowest BCUT2D eigenvalue weighted by molar-refractivity contribution is -0.387. The number of nitrogens with zero attached hydrogens (tertiary/aromatic N) is 3. The van der Waals surface area contributed by atoms with E-state index in [0.717, 1.165) is 28.3 Å². The highest BCUT2D eigenvalue weighted by Gasteiger charge is 2.27. The Morgan fingerprint density at radius 2 is 1.85 bits per heavy atom. The Hall–Kier alpha value is -3.83. The van der Waals surface area contributed by atoms with Crippen molar-refractivity contribution in [3.05, 3.63) is 88.9 Å². The molecule has 176 valence electrons. The first kappa shape index (κ1) is 23.3. The molecule has 0 fully saturated rings. The molecular formula is C23H22FN5O4S. The summed E-state index contributed by atoms with van der Waals surface area (Å²) < 4.78 is 43.1. The maximum absolute atomic E-state index is 13.2. The molecule has 1 heterocycles. The smallest absolute Gasteiger partial charge is 0.289 e. The van der Waals surface area contributed by atoms with Gasteiger partial charge >= 0.3 is 0 Å². The van der Waals surface area contributed by atoms with Crippen LogP contribution in [0.25, 0.3) is 16.6 Å². The first-order valence-electron chi connectivity index (χ1n) is 10.5. The fraction of sp³-hybridized carbons (Fsp3) is 0.174. The number of benzene rings is 3. The summed E-state index contributed by atoms with van der Waals surface area (Å²) in [5.74, 6) is -0.324. The number of rotatable bonds is 9. The fourth-order valence-corrected chi connectivity index (χ4v) is 5.05. The van der Waals surface area contributed by atoms with E-state index in [1.54, 1.807) is 23.0 Å². The molecule has 0 aliphatic heterocycles. The minimum Gasteiger partial charge on any atom is -0.383 e. The number of halogens is 1. The van der Waals surface area contributed by atoms with Crippen LogP contribution in [0.15, 0.2) is 77.8 Å². The molecule has 0 aliphatic carbocycles. The number of para-hydroxylation sites is 1. The standard InChI is InChI=1S/C23H22FN5O4S/c1-2-18(27-34(32,33)23-6-4-3-5-22(23)29(30)31)15-25-19-9-12-21-16(13-19)14-26-28(21)20-10-7-17(24)8-11-20/h3-14,18,25,27H,2,15H2,1H3/t18-/m0/s1. The van der Waals surface area contributed by atoms with Gasteiger partial charge in [0, 0.05) is 29.7 Å². The molecule has 0 aliphatic rings. The first-order chi connectivity index (χ1) is 16.3. The Balaban J connectivity index is 1.48. The van der Waals surface area contributed by atoms with E-state index in [9.17, 15) is 22.9 Å². The second-order valence-electron chi connectivity index (χ2n) is 7.64. The van der Waals surface area contributed by atoms with Gasteiger partial charge in [0.05, 0.1) is 22.3 Å². The molecule has 34 heavy (non-hydrogen) atoms. The second kappa shape index (κ2) is 9.57. The van der Waals surface area contributed by atoms with Crippen LogP contribution in [0.3, 0.4) is 0 Å². The number of anilines is 1. The van der Waals surface area contributed by atoms with Crippen molar-refractivity contribution in [2.45, 2.75) is 24.3 Å². The van der Waals surface area contributed by atoms with Gasteiger partial charge in [-0.05, 0) is 55.0 Å². The predicted octanol–water partition coefficient (Wildman–Crippen LogP) is 4.24. The van der Waals surface area contributed by atoms with Crippen molar-refractivity contribution >= 4 is 32.3 Å². The third kappa shape index (κ3) is 4.90. The molecule has 0 spiro atoms. The number of hydrogen-bond donors (Lipinski definition) is 2. The number of aromatic nitrogens is 2. The molecular weight excluding hydrogens is 461 g/mol. The normalized spacial score (nSPS) is 12.5. The van der Waals surface area contributed by atoms with Crippen molar-refractivity contribution in [3.8, 4) is 5.69 Å². The number of nitro groups is 1. The molecule has 0 unspecified atom stereocenters. The van der Waals surface area contributed by atoms with Crippen molar-refractivity contribution in [1.29, 1.82) is 0 Å². The molecule has 1 aromatic heterocycles. The number of nitro benzene ring substituents is 1. The molecule has 0 amide bonds. The van der Waals surface area contributed by atoms with Crippen molar-refractivity contribution in [1.82, 2.24) is 14.5 Å². The maximum Gasteiger partial charge on any atom is 0.289 e. The van der Waals surface area contributed by atoms with Gasteiger partial charge in [0.2, 0.25) is 10.0 Å². The van der Waals surface area contributed by atoms with Crippen molar-refractivity contribution in [2.75, 3.05) is 11.9 Å². The Labute approximate surface area is 195 Å². The Bertz CT molecular complexity index is 1440. The highest BCUT2D eigenvalue weighted by molar-refractivity contribution is 7.89. The molecule has 3 aromatic carbocycles. The third-order valence-electron chi connectivity index (χ3n) is 5.36. The average molecular weight is 484 g/mol. The van der Waals surface area contributed by atoms with Gasteiger partial charge in [0.1, 0.15) is 5.82 Å². The molecule has 0 radical (unpaired) electrons. The van der Waals surface area contributed by atoms with E-state index in [1.807, 2.05) is 25.1 Å². The van der Waals surface area contributed by atoms with E-state index >= 15 is 0 Å². The topological polar surface area (TPSA) is 119 Å². The maximum atomic E-state index is 13.2. The molecule has 0 saturated carbocycles. The monoisotopic (exact) mass is 483 g/mol. The van der Waals surface area contributed by atoms with Crippen molar-refractivity contribution in [3.63, 3.8) is 0 Å². The predicted molar refractivity (Wildman–Crippen MR) is 127 cm³/mol. The minimum atomic E-state index is -4.09. The number of nitrogens with one attached hydrogen (secondary N) is 2. The lowest BCUT2D eigenvalue weighted by Crippen LogP contribution is -2.39. The van der Waals surface area contributed by atoms with E-state index in [4.69, 9.17) is 0 Å². The Kier molecular flexibility index (Phi) is 6.57. The van der Waals surface area contributed by atoms with Gasteiger partial charge in [0.25, 0.3) is 5.69 Å². The zero-order chi connectivity index (χ0) is 24.3. The summed E-state index contributed by atoms with van der Waals surface area (Å²) >= 11 is 0. The van der Waals surface area contributed by atoms with Crippen LogP contribution in [-0.4, -0.2) is 35.7 Å². The summed E-state index contributed by atoms with van der Waals surface area (Å²) in [6, 6.07) is 16.4. The zero-order valence-electron chi connectivity index (χ0n) is 18.2. The van der Waals surface area contributed by atoms with Gasteiger partial charge in [-0.2, -0.15) is 5.10 Å². The average Bonchev–Trinajstić information content (AvgIpc) is 3.25. The van der Waals surface area contributed by atoms with Crippen LogP contribution in [-0.2, 0) is 10.0 Å². The minimum absolute atomic E-state index is 0.272. The van der Waals surface area contributed by atoms with Gasteiger partial charge in [-0.3, -0.25) is 10.1 Å². The molecule has 9 nitrogen and oxygen atoms in total. The summed E-state index contributed by atoms with van der Waals surface area (Å²) in [6.45, 7) is 2.10. The van der Waals surface area contributed by atoms with Crippen molar-refractivity contribution < 1.29 is 17.7 Å². The molecule has 11 heteroatoms. The summed E-state index contributed by atoms with van der Waals surface area (Å²) in [6.07, 6.45) is 2.16. The number of hydrogen-bond acceptors (Lipinski definition) is 6. The molecule has 1 atom stereocenters. The van der Waals surface area contributed by atoms with E-state index < -0.39 is 26.7 Å². The lowest BCUT2D eigenvalue weighted by atomic mass is 10.2. The highest BCUT2D eigenvalue weighted by atomic mass is 32.2. The lowest BCUT2D eigenvalue weighted by Gasteiger charge is -2.18. The van der Waals surface area contributed by atoms with Gasteiger partial charge in [-0.15, -0.1) is 0 Å². The van der Waals surface area contributed by atoms with E-state index in [1.165, 1.54) is 30.3 Å². The van der Waals surface area contributed by atoms with Crippen LogP contribution in [0, 0.1) is 15.9 Å². The number of fused-ring (bicyclic) bond motifs is 1. The molecule has 0 saturated heterocycles. The van der Waals surface area contributed by atoms with Crippen LogP contribution in [0.2, 0.25) is 0 Å². The van der Waals surface area contributed by atoms with E-state index in [2.05, 4.69) is 15.1 Å². The summed E-state index contributed by atoms with van der Waals surface area (Å²) in [4.78, 5) is 10.1. The van der Waals surface area contributed by atoms with Gasteiger partial charge in [0.15, 0.2) is 4.90 Å². The van der Waals surface area contributed by atoms with Crippen LogP contribution < -0.4 is 10.0 Å². The molecule has 4 rings (SSSR count). The van der Waals surface area contributed by atoms with Crippen LogP contribution in [0.1, 0.15) is 13.3 Å². The van der Waals surface area contributed by atoms with Gasteiger partial charge in [-0.1, -0.05) is 19.1 Å². The highest BCUT2D eigenvalue weighted by Crippen LogP contribution is 2.24. The molecule has 4 aromatic rings. The first-order valence-corrected chi connectivity index (χ1v) is 12.0. The summed E-state index contributed by atoms with van der Waals surface area (Å²) in [7, 11) is -4.09. The molecule has 0 bridgehead atoms. The fourth-order valence-electron chi connectivity index (χ4n) is 3.56. The largest absolute Gasteiger partial charge is 0.383 e. The SMILES string of the molecule is CC[C@@H](CNc1ccc2c(cnn2-c2ccc(F)cc2)c1)NS(=O)(=O)c1ccccc1[N+](=O)[O-]. The third-order valence-corrected chi connectivity index (χ3v) is 6.93. The van der Waals surface area contributed by atoms with Crippen LogP contribution in [0.4, 0.5) is 15.8 Å². The number of sulfonamides is 1. The summed E-state index contributed by atoms with van der Waals surface area (Å²) in [5, 5.41) is 19.7. The van der Waals surface area contributed by atoms with Crippen molar-refractivity contribution in [2.24, 2.45) is 0 Å². The van der Waals surface area contributed by atoms with E-state index in [-0.39, 0.29) is 17.3 Å². The van der Waals surface area contributed by atoms with Crippen LogP contribution >= 0.6 is 0 Å². The zero-order valence-corrected chi connectivity index (χ0v) is 19.0. The van der Waals surface area contributed by atoms with Gasteiger partial charge in [-0.25, -0.2) is 22.2 Å².